The third-order valence-electron chi connectivity index (χ3n) is 7.06. The third kappa shape index (κ3) is 5.00. The number of amidine groups is 1. The van der Waals surface area contributed by atoms with Gasteiger partial charge in [0.1, 0.15) is 11.8 Å². The summed E-state index contributed by atoms with van der Waals surface area (Å²) >= 11 is 0. The maximum atomic E-state index is 13.1. The molecule has 4 heterocycles. The second kappa shape index (κ2) is 10.6. The average Bonchev–Trinajstić information content (AvgIpc) is 3.25. The lowest BCUT2D eigenvalue weighted by molar-refractivity contribution is -0.117. The van der Waals surface area contributed by atoms with E-state index in [2.05, 4.69) is 31.6 Å². The number of benzene rings is 2. The normalized spacial score (nSPS) is 21.3. The van der Waals surface area contributed by atoms with Crippen LogP contribution in [0.5, 0.6) is 0 Å². The number of hydrogen-bond acceptors (Lipinski definition) is 9. The minimum absolute atomic E-state index is 0.0851. The Bertz CT molecular complexity index is 1550. The first-order valence-corrected chi connectivity index (χ1v) is 12.9. The molecule has 4 N–H and O–H groups in total. The van der Waals surface area contributed by atoms with Crippen molar-refractivity contribution in [3.05, 3.63) is 89.2 Å². The number of aromatic nitrogens is 1. The quantitative estimate of drug-likeness (QED) is 0.296. The maximum Gasteiger partial charge on any atom is 0.290 e. The Kier molecular flexibility index (Phi) is 6.67. The first-order chi connectivity index (χ1) is 19.5. The van der Waals surface area contributed by atoms with Gasteiger partial charge < -0.3 is 25.0 Å². The van der Waals surface area contributed by atoms with Crippen LogP contribution in [0.15, 0.2) is 71.9 Å². The molecule has 6 rings (SSSR count). The van der Waals surface area contributed by atoms with Crippen LogP contribution in [0.3, 0.4) is 0 Å². The monoisotopic (exact) mass is 534 g/mol. The van der Waals surface area contributed by atoms with Crippen molar-refractivity contribution < 1.29 is 14.3 Å². The van der Waals surface area contributed by atoms with Gasteiger partial charge in [-0.25, -0.2) is 9.98 Å². The van der Waals surface area contributed by atoms with Gasteiger partial charge >= 0.3 is 0 Å². The number of carbonyl (C=O) groups is 1. The summed E-state index contributed by atoms with van der Waals surface area (Å²) in [6.45, 7) is 1.23. The molecule has 2 bridgehead atoms. The molecule has 0 saturated carbocycles. The molecule has 0 radical (unpaired) electrons. The van der Waals surface area contributed by atoms with E-state index in [1.165, 1.54) is 6.20 Å². The first kappa shape index (κ1) is 25.2. The van der Waals surface area contributed by atoms with E-state index < -0.39 is 18.1 Å². The van der Waals surface area contributed by atoms with Crippen LogP contribution in [-0.2, 0) is 14.3 Å². The fourth-order valence-electron chi connectivity index (χ4n) is 5.23. The molecular formula is C29H26N8O3. The van der Waals surface area contributed by atoms with Crippen molar-refractivity contribution in [1.29, 1.82) is 16.1 Å². The van der Waals surface area contributed by atoms with E-state index in [1.807, 2.05) is 48.5 Å². The van der Waals surface area contributed by atoms with Crippen LogP contribution >= 0.6 is 0 Å². The van der Waals surface area contributed by atoms with Crippen molar-refractivity contribution >= 4 is 34.9 Å². The van der Waals surface area contributed by atoms with Gasteiger partial charge in [-0.3, -0.25) is 15.6 Å². The van der Waals surface area contributed by atoms with E-state index in [4.69, 9.17) is 20.3 Å². The number of morpholine rings is 1. The molecule has 3 aromatic rings. The zero-order chi connectivity index (χ0) is 27.6. The summed E-state index contributed by atoms with van der Waals surface area (Å²) in [5, 5.41) is 32.0. The van der Waals surface area contributed by atoms with Gasteiger partial charge in [0.15, 0.2) is 0 Å². The summed E-state index contributed by atoms with van der Waals surface area (Å²) < 4.78 is 11.5. The van der Waals surface area contributed by atoms with Crippen molar-refractivity contribution in [2.45, 2.75) is 31.2 Å². The fourth-order valence-corrected chi connectivity index (χ4v) is 5.23. The smallest absolute Gasteiger partial charge is 0.290 e. The zero-order valence-electron chi connectivity index (χ0n) is 21.4. The highest BCUT2D eigenvalue weighted by atomic mass is 16.5. The predicted octanol–water partition coefficient (Wildman–Crippen LogP) is 3.00. The Hall–Kier alpha value is -5.08. The summed E-state index contributed by atoms with van der Waals surface area (Å²) in [6.07, 6.45) is 2.27. The molecule has 0 spiro atoms. The molecule has 0 aliphatic carbocycles. The topological polar surface area (TPSA) is 160 Å². The minimum Gasteiger partial charge on any atom is -0.405 e. The number of nitrogens with one attached hydrogen (secondary N) is 4. The molecule has 2 fully saturated rings. The number of hydrogen-bond donors (Lipinski definition) is 4. The van der Waals surface area contributed by atoms with Gasteiger partial charge in [0, 0.05) is 30.4 Å². The van der Waals surface area contributed by atoms with E-state index >= 15 is 0 Å². The number of para-hydroxylation sites is 1. The summed E-state index contributed by atoms with van der Waals surface area (Å²) in [5.41, 5.74) is 3.86. The molecule has 40 heavy (non-hydrogen) atoms. The van der Waals surface area contributed by atoms with Crippen LogP contribution in [-0.4, -0.2) is 60.0 Å². The molecular weight excluding hydrogens is 508 g/mol. The highest BCUT2D eigenvalue weighted by Gasteiger charge is 2.35. The van der Waals surface area contributed by atoms with Crippen molar-refractivity contribution in [2.75, 3.05) is 23.3 Å². The van der Waals surface area contributed by atoms with Crippen LogP contribution in [0.2, 0.25) is 0 Å². The molecule has 3 aliphatic rings. The SMILES string of the molecule is N#Cc1cnc(C(=N)OC(=N)N[C@H]2N=C(c3ccccc3)c3ccccc3NC2=O)c(N2CC3CCC(C2)O3)c1. The number of rotatable bonds is 4. The number of amides is 1. The number of carbonyl (C=O) groups excluding carboxylic acids is 1. The highest BCUT2D eigenvalue weighted by Crippen LogP contribution is 2.31. The number of fused-ring (bicyclic) bond motifs is 3. The number of pyridine rings is 1. The lowest BCUT2D eigenvalue weighted by Crippen LogP contribution is -2.44. The summed E-state index contributed by atoms with van der Waals surface area (Å²) in [7, 11) is 0. The molecule has 200 valence electrons. The zero-order valence-corrected chi connectivity index (χ0v) is 21.4. The van der Waals surface area contributed by atoms with Crippen LogP contribution < -0.4 is 15.5 Å². The number of nitrogens with zero attached hydrogens (tertiary/aromatic N) is 4. The van der Waals surface area contributed by atoms with Gasteiger partial charge in [0.25, 0.3) is 11.9 Å². The fraction of sp³-hybridized carbons (Fsp3) is 0.241. The van der Waals surface area contributed by atoms with Crippen LogP contribution in [0.25, 0.3) is 0 Å². The largest absolute Gasteiger partial charge is 0.405 e. The van der Waals surface area contributed by atoms with E-state index in [0.717, 1.165) is 24.0 Å². The molecule has 2 saturated heterocycles. The Morgan fingerprint density at radius 2 is 1.82 bits per heavy atom. The summed E-state index contributed by atoms with van der Waals surface area (Å²) in [5.74, 6) is -0.861. The number of benzodiazepines with no additional fused rings is 1. The molecule has 2 aromatic carbocycles. The summed E-state index contributed by atoms with van der Waals surface area (Å²) in [6, 6.07) is 20.1. The van der Waals surface area contributed by atoms with E-state index in [0.29, 0.717) is 35.7 Å². The number of aliphatic imine (C=N–C) groups is 1. The van der Waals surface area contributed by atoms with Gasteiger partial charge in [-0.1, -0.05) is 48.5 Å². The number of nitriles is 1. The Morgan fingerprint density at radius 3 is 2.58 bits per heavy atom. The lowest BCUT2D eigenvalue weighted by atomic mass is 10.0. The standard InChI is InChI=1S/C29H26N8O3/c30-13-17-12-23(37-15-19-10-11-20(16-37)39-19)25(33-14-17)26(31)40-29(32)36-27-28(38)34-22-9-5-4-8-21(22)24(35-27)18-6-2-1-3-7-18/h1-9,12,14,19-20,27,31H,10-11,15-16H2,(H2,32,36)(H,34,38)/t19?,20?,27-/m1/s1. The predicted molar refractivity (Wildman–Crippen MR) is 149 cm³/mol. The van der Waals surface area contributed by atoms with Crippen molar-refractivity contribution in [2.24, 2.45) is 4.99 Å². The maximum absolute atomic E-state index is 13.1. The number of ether oxygens (including phenoxy) is 2. The van der Waals surface area contributed by atoms with E-state index in [-0.39, 0.29) is 23.8 Å². The lowest BCUT2D eigenvalue weighted by Gasteiger charge is -2.34. The minimum atomic E-state index is -1.19. The van der Waals surface area contributed by atoms with Gasteiger partial charge in [0.05, 0.1) is 34.9 Å². The van der Waals surface area contributed by atoms with E-state index in [9.17, 15) is 10.1 Å². The van der Waals surface area contributed by atoms with Crippen LogP contribution in [0.4, 0.5) is 11.4 Å². The van der Waals surface area contributed by atoms with Crippen molar-refractivity contribution in [3.8, 4) is 6.07 Å². The molecule has 11 heteroatoms. The Morgan fingerprint density at radius 1 is 1.10 bits per heavy atom. The molecule has 1 amide bonds. The van der Waals surface area contributed by atoms with Crippen LogP contribution in [0, 0.1) is 22.1 Å². The second-order valence-corrected chi connectivity index (χ2v) is 9.75. The van der Waals surface area contributed by atoms with Crippen molar-refractivity contribution in [3.63, 3.8) is 0 Å². The van der Waals surface area contributed by atoms with Gasteiger partial charge in [0.2, 0.25) is 12.1 Å². The van der Waals surface area contributed by atoms with Gasteiger partial charge in [-0.2, -0.15) is 5.26 Å². The first-order valence-electron chi connectivity index (χ1n) is 12.9. The Balaban J connectivity index is 1.24. The van der Waals surface area contributed by atoms with Crippen molar-refractivity contribution in [1.82, 2.24) is 10.3 Å². The number of anilines is 2. The Labute approximate surface area is 230 Å². The van der Waals surface area contributed by atoms with E-state index in [1.54, 1.807) is 12.1 Å². The third-order valence-corrected chi connectivity index (χ3v) is 7.06. The molecule has 2 unspecified atom stereocenters. The second-order valence-electron chi connectivity index (χ2n) is 9.75. The molecule has 11 nitrogen and oxygen atoms in total. The summed E-state index contributed by atoms with van der Waals surface area (Å²) in [4.78, 5) is 24.1. The van der Waals surface area contributed by atoms with Crippen LogP contribution in [0.1, 0.15) is 35.2 Å². The highest BCUT2D eigenvalue weighted by molar-refractivity contribution is 6.19. The average molecular weight is 535 g/mol. The van der Waals surface area contributed by atoms with Gasteiger partial charge in [-0.05, 0) is 25.0 Å². The molecule has 3 aliphatic heterocycles. The molecule has 3 atom stereocenters. The molecule has 1 aromatic heterocycles. The van der Waals surface area contributed by atoms with Gasteiger partial charge in [-0.15, -0.1) is 0 Å².